The van der Waals surface area contributed by atoms with Gasteiger partial charge in [-0.1, -0.05) is 0 Å². The van der Waals surface area contributed by atoms with Crippen molar-refractivity contribution in [3.8, 4) is 11.7 Å². The van der Waals surface area contributed by atoms with Gasteiger partial charge in [-0.15, -0.1) is 0 Å². The minimum atomic E-state index is -0.0671. The van der Waals surface area contributed by atoms with E-state index in [0.717, 1.165) is 11.6 Å². The number of amides is 1. The van der Waals surface area contributed by atoms with Gasteiger partial charge in [0.1, 0.15) is 29.4 Å². The standard InChI is InChI=1S/C19H21N7O2/c1-14-22-16(12-17(23-14)26-7-6-20-13-26)24-8-10-25(11-9-24)19(27)15-4-3-5-21-18(15)28-2/h3-7,12-13H,8-11H2,1-2H3. The van der Waals surface area contributed by atoms with E-state index in [4.69, 9.17) is 4.74 Å². The minimum absolute atomic E-state index is 0.0671. The second kappa shape index (κ2) is 7.63. The van der Waals surface area contributed by atoms with E-state index < -0.39 is 0 Å². The maximum absolute atomic E-state index is 12.8. The van der Waals surface area contributed by atoms with Gasteiger partial charge in [0.15, 0.2) is 0 Å². The number of ether oxygens (including phenoxy) is 1. The number of nitrogens with zero attached hydrogens (tertiary/aromatic N) is 7. The molecule has 0 atom stereocenters. The number of pyridine rings is 1. The van der Waals surface area contributed by atoms with E-state index in [1.165, 1.54) is 7.11 Å². The summed E-state index contributed by atoms with van der Waals surface area (Å²) in [6, 6.07) is 5.43. The number of carbonyl (C=O) groups excluding carboxylic acids is 1. The maximum Gasteiger partial charge on any atom is 0.259 e. The predicted molar refractivity (Wildman–Crippen MR) is 103 cm³/mol. The lowest BCUT2D eigenvalue weighted by Gasteiger charge is -2.35. The minimum Gasteiger partial charge on any atom is -0.480 e. The molecule has 0 aromatic carbocycles. The topological polar surface area (TPSA) is 89.3 Å². The van der Waals surface area contributed by atoms with Crippen LogP contribution in [-0.4, -0.2) is 68.6 Å². The Hall–Kier alpha value is -3.49. The molecular formula is C19H21N7O2. The monoisotopic (exact) mass is 379 g/mol. The molecule has 0 radical (unpaired) electrons. The Morgan fingerprint density at radius 1 is 1.11 bits per heavy atom. The third-order valence-electron chi connectivity index (χ3n) is 4.67. The summed E-state index contributed by atoms with van der Waals surface area (Å²) in [7, 11) is 1.52. The molecule has 28 heavy (non-hydrogen) atoms. The Morgan fingerprint density at radius 2 is 1.89 bits per heavy atom. The number of rotatable bonds is 4. The highest BCUT2D eigenvalue weighted by Gasteiger charge is 2.25. The molecule has 0 spiro atoms. The van der Waals surface area contributed by atoms with E-state index in [-0.39, 0.29) is 5.91 Å². The van der Waals surface area contributed by atoms with Gasteiger partial charge in [0.05, 0.1) is 7.11 Å². The van der Waals surface area contributed by atoms with Crippen molar-refractivity contribution < 1.29 is 9.53 Å². The molecule has 4 rings (SSSR count). The lowest BCUT2D eigenvalue weighted by molar-refractivity contribution is 0.0742. The van der Waals surface area contributed by atoms with Gasteiger partial charge in [-0.05, 0) is 19.1 Å². The molecule has 0 aliphatic carbocycles. The number of methoxy groups -OCH3 is 1. The molecule has 0 N–H and O–H groups in total. The van der Waals surface area contributed by atoms with Crippen LogP contribution in [0.15, 0.2) is 43.1 Å². The summed E-state index contributed by atoms with van der Waals surface area (Å²) in [5.41, 5.74) is 0.485. The fourth-order valence-electron chi connectivity index (χ4n) is 3.25. The van der Waals surface area contributed by atoms with E-state index in [0.29, 0.717) is 43.4 Å². The van der Waals surface area contributed by atoms with Crippen molar-refractivity contribution in [1.29, 1.82) is 0 Å². The Labute approximate surface area is 162 Å². The number of aromatic nitrogens is 5. The number of piperazine rings is 1. The summed E-state index contributed by atoms with van der Waals surface area (Å²) < 4.78 is 7.07. The maximum atomic E-state index is 12.8. The fourth-order valence-corrected chi connectivity index (χ4v) is 3.25. The lowest BCUT2D eigenvalue weighted by atomic mass is 10.2. The van der Waals surface area contributed by atoms with E-state index >= 15 is 0 Å². The van der Waals surface area contributed by atoms with Gasteiger partial charge in [-0.2, -0.15) is 0 Å². The summed E-state index contributed by atoms with van der Waals surface area (Å²) in [5.74, 6) is 2.61. The van der Waals surface area contributed by atoms with E-state index in [1.807, 2.05) is 28.7 Å². The summed E-state index contributed by atoms with van der Waals surface area (Å²) in [6.45, 7) is 4.45. The predicted octanol–water partition coefficient (Wildman–Crippen LogP) is 1.34. The molecule has 144 valence electrons. The first-order valence-corrected chi connectivity index (χ1v) is 9.03. The first-order valence-electron chi connectivity index (χ1n) is 9.03. The van der Waals surface area contributed by atoms with Crippen LogP contribution < -0.4 is 9.64 Å². The Bertz CT molecular complexity index is 966. The number of aryl methyl sites for hydroxylation is 1. The zero-order valence-electron chi connectivity index (χ0n) is 15.8. The molecule has 1 saturated heterocycles. The first-order chi connectivity index (χ1) is 13.7. The lowest BCUT2D eigenvalue weighted by Crippen LogP contribution is -2.49. The average Bonchev–Trinajstić information content (AvgIpc) is 3.28. The van der Waals surface area contributed by atoms with Gasteiger partial charge in [-0.3, -0.25) is 9.36 Å². The van der Waals surface area contributed by atoms with Crippen molar-refractivity contribution in [2.75, 3.05) is 38.2 Å². The van der Waals surface area contributed by atoms with Crippen LogP contribution in [0.2, 0.25) is 0 Å². The second-order valence-corrected chi connectivity index (χ2v) is 6.44. The molecular weight excluding hydrogens is 358 g/mol. The van der Waals surface area contributed by atoms with Crippen LogP contribution in [-0.2, 0) is 0 Å². The van der Waals surface area contributed by atoms with Crippen LogP contribution in [0.5, 0.6) is 5.88 Å². The fraction of sp³-hybridized carbons (Fsp3) is 0.316. The molecule has 3 aromatic rings. The van der Waals surface area contributed by atoms with Crippen LogP contribution in [0, 0.1) is 6.92 Å². The van der Waals surface area contributed by atoms with Crippen molar-refractivity contribution in [2.24, 2.45) is 0 Å². The van der Waals surface area contributed by atoms with Gasteiger partial charge in [0, 0.05) is 50.8 Å². The summed E-state index contributed by atoms with van der Waals surface area (Å²) >= 11 is 0. The highest BCUT2D eigenvalue weighted by Crippen LogP contribution is 2.20. The van der Waals surface area contributed by atoms with Gasteiger partial charge in [0.25, 0.3) is 5.91 Å². The zero-order chi connectivity index (χ0) is 19.5. The molecule has 1 amide bonds. The van der Waals surface area contributed by atoms with Gasteiger partial charge < -0.3 is 14.5 Å². The normalized spacial score (nSPS) is 14.2. The number of hydrogen-bond donors (Lipinski definition) is 0. The smallest absolute Gasteiger partial charge is 0.259 e. The molecule has 1 aliphatic heterocycles. The highest BCUT2D eigenvalue weighted by molar-refractivity contribution is 5.96. The molecule has 1 aliphatic rings. The quantitative estimate of drug-likeness (QED) is 0.676. The largest absolute Gasteiger partial charge is 0.480 e. The van der Waals surface area contributed by atoms with Crippen molar-refractivity contribution in [2.45, 2.75) is 6.92 Å². The van der Waals surface area contributed by atoms with Gasteiger partial charge in [-0.25, -0.2) is 19.9 Å². The van der Waals surface area contributed by atoms with Gasteiger partial charge in [0.2, 0.25) is 5.88 Å². The van der Waals surface area contributed by atoms with Crippen LogP contribution in [0.3, 0.4) is 0 Å². The number of imidazole rings is 1. The molecule has 1 fully saturated rings. The Balaban J connectivity index is 1.48. The average molecular weight is 379 g/mol. The second-order valence-electron chi connectivity index (χ2n) is 6.44. The molecule has 9 nitrogen and oxygen atoms in total. The van der Waals surface area contributed by atoms with Crippen molar-refractivity contribution in [3.05, 3.63) is 54.5 Å². The number of anilines is 1. The van der Waals surface area contributed by atoms with Crippen LogP contribution in [0.25, 0.3) is 5.82 Å². The van der Waals surface area contributed by atoms with Gasteiger partial charge >= 0.3 is 0 Å². The summed E-state index contributed by atoms with van der Waals surface area (Å²) in [5, 5.41) is 0. The summed E-state index contributed by atoms with van der Waals surface area (Å²) in [6.07, 6.45) is 6.89. The van der Waals surface area contributed by atoms with Crippen molar-refractivity contribution in [1.82, 2.24) is 29.4 Å². The van der Waals surface area contributed by atoms with E-state index in [1.54, 1.807) is 30.9 Å². The Kier molecular flexibility index (Phi) is 4.88. The first kappa shape index (κ1) is 17.9. The van der Waals surface area contributed by atoms with Crippen LogP contribution in [0.1, 0.15) is 16.2 Å². The summed E-state index contributed by atoms with van der Waals surface area (Å²) in [4.78, 5) is 34.1. The third kappa shape index (κ3) is 3.51. The van der Waals surface area contributed by atoms with Crippen LogP contribution >= 0.6 is 0 Å². The highest BCUT2D eigenvalue weighted by atomic mass is 16.5. The SMILES string of the molecule is COc1ncccc1C(=O)N1CCN(c2cc(-n3ccnc3)nc(C)n2)CC1. The van der Waals surface area contributed by atoms with Crippen molar-refractivity contribution in [3.63, 3.8) is 0 Å². The van der Waals surface area contributed by atoms with E-state index in [9.17, 15) is 4.79 Å². The number of carbonyl (C=O) groups is 1. The molecule has 9 heteroatoms. The van der Waals surface area contributed by atoms with Crippen LogP contribution in [0.4, 0.5) is 5.82 Å². The molecule has 0 bridgehead atoms. The molecule has 0 unspecified atom stereocenters. The molecule has 3 aromatic heterocycles. The Morgan fingerprint density at radius 3 is 2.61 bits per heavy atom. The number of hydrogen-bond acceptors (Lipinski definition) is 7. The molecule has 0 saturated carbocycles. The third-order valence-corrected chi connectivity index (χ3v) is 4.67. The van der Waals surface area contributed by atoms with Crippen molar-refractivity contribution >= 4 is 11.7 Å². The van der Waals surface area contributed by atoms with E-state index in [2.05, 4.69) is 24.8 Å². The zero-order valence-corrected chi connectivity index (χ0v) is 15.8. The molecule has 4 heterocycles.